The number of rotatable bonds is 3. The van der Waals surface area contributed by atoms with Crippen molar-refractivity contribution in [1.82, 2.24) is 9.78 Å². The van der Waals surface area contributed by atoms with Crippen molar-refractivity contribution in [1.29, 1.82) is 0 Å². The van der Waals surface area contributed by atoms with E-state index in [9.17, 15) is 0 Å². The summed E-state index contributed by atoms with van der Waals surface area (Å²) < 4.78 is 7.47. The van der Waals surface area contributed by atoms with E-state index in [1.807, 2.05) is 22.9 Å². The maximum absolute atomic E-state index is 5.50. The first-order valence-electron chi connectivity index (χ1n) is 8.36. The van der Waals surface area contributed by atoms with Crippen LogP contribution in [0.3, 0.4) is 0 Å². The Morgan fingerprint density at radius 3 is 2.33 bits per heavy atom. The second kappa shape index (κ2) is 6.49. The van der Waals surface area contributed by atoms with Gasteiger partial charge < -0.3 is 9.64 Å². The molecular formula is C20H21N3O. The molecule has 0 aliphatic carbocycles. The third kappa shape index (κ3) is 2.93. The summed E-state index contributed by atoms with van der Waals surface area (Å²) in [7, 11) is 0. The number of benzene rings is 2. The van der Waals surface area contributed by atoms with E-state index < -0.39 is 0 Å². The highest BCUT2D eigenvalue weighted by molar-refractivity contribution is 5.76. The molecule has 2 aromatic carbocycles. The van der Waals surface area contributed by atoms with Crippen LogP contribution in [0.25, 0.3) is 16.8 Å². The molecule has 1 aromatic heterocycles. The van der Waals surface area contributed by atoms with E-state index in [-0.39, 0.29) is 0 Å². The van der Waals surface area contributed by atoms with Gasteiger partial charge >= 0.3 is 0 Å². The monoisotopic (exact) mass is 319 g/mol. The van der Waals surface area contributed by atoms with E-state index in [0.717, 1.165) is 37.8 Å². The van der Waals surface area contributed by atoms with Crippen molar-refractivity contribution in [2.45, 2.75) is 6.92 Å². The molecule has 0 atom stereocenters. The minimum absolute atomic E-state index is 0.755. The van der Waals surface area contributed by atoms with E-state index >= 15 is 0 Å². The Hall–Kier alpha value is -2.59. The SMILES string of the molecule is Cc1ccc(-c2cn(-c3ccccc3)nc2N2CCOCC2)cc1. The first-order chi connectivity index (χ1) is 11.8. The van der Waals surface area contributed by atoms with Gasteiger partial charge in [-0.2, -0.15) is 0 Å². The summed E-state index contributed by atoms with van der Waals surface area (Å²) in [4.78, 5) is 2.32. The van der Waals surface area contributed by atoms with E-state index in [1.54, 1.807) is 0 Å². The maximum Gasteiger partial charge on any atom is 0.159 e. The molecule has 1 aliphatic rings. The second-order valence-electron chi connectivity index (χ2n) is 6.11. The van der Waals surface area contributed by atoms with Crippen LogP contribution >= 0.6 is 0 Å². The number of anilines is 1. The quantitative estimate of drug-likeness (QED) is 0.737. The molecule has 122 valence electrons. The van der Waals surface area contributed by atoms with Gasteiger partial charge in [-0.1, -0.05) is 48.0 Å². The van der Waals surface area contributed by atoms with Gasteiger partial charge in [0.25, 0.3) is 0 Å². The van der Waals surface area contributed by atoms with Crippen LogP contribution in [0.4, 0.5) is 5.82 Å². The summed E-state index contributed by atoms with van der Waals surface area (Å²) in [5, 5.41) is 4.89. The summed E-state index contributed by atoms with van der Waals surface area (Å²) in [6.45, 7) is 5.38. The van der Waals surface area contributed by atoms with Crippen LogP contribution < -0.4 is 4.90 Å². The number of aryl methyl sites for hydroxylation is 1. The second-order valence-corrected chi connectivity index (χ2v) is 6.11. The van der Waals surface area contributed by atoms with Crippen LogP contribution in [0.15, 0.2) is 60.8 Å². The summed E-state index contributed by atoms with van der Waals surface area (Å²) >= 11 is 0. The zero-order valence-corrected chi connectivity index (χ0v) is 13.9. The van der Waals surface area contributed by atoms with Gasteiger partial charge in [0.15, 0.2) is 5.82 Å². The Kier molecular flexibility index (Phi) is 4.05. The van der Waals surface area contributed by atoms with Crippen molar-refractivity contribution in [3.8, 4) is 16.8 Å². The molecule has 0 N–H and O–H groups in total. The van der Waals surface area contributed by atoms with Crippen LogP contribution in [0.2, 0.25) is 0 Å². The van der Waals surface area contributed by atoms with Gasteiger partial charge in [0.05, 0.1) is 18.9 Å². The highest BCUT2D eigenvalue weighted by atomic mass is 16.5. The molecule has 1 aliphatic heterocycles. The van der Waals surface area contributed by atoms with Gasteiger partial charge in [0.1, 0.15) is 0 Å². The third-order valence-electron chi connectivity index (χ3n) is 4.39. The molecule has 3 aromatic rings. The standard InChI is InChI=1S/C20H21N3O/c1-16-7-9-17(10-8-16)19-15-23(18-5-3-2-4-6-18)21-20(19)22-11-13-24-14-12-22/h2-10,15H,11-14H2,1H3. The zero-order valence-electron chi connectivity index (χ0n) is 13.9. The highest BCUT2D eigenvalue weighted by Crippen LogP contribution is 2.31. The molecule has 0 bridgehead atoms. The van der Waals surface area contributed by atoms with E-state index in [0.29, 0.717) is 0 Å². The topological polar surface area (TPSA) is 30.3 Å². The molecule has 0 unspecified atom stereocenters. The lowest BCUT2D eigenvalue weighted by Crippen LogP contribution is -2.36. The van der Waals surface area contributed by atoms with Crippen LogP contribution in [-0.4, -0.2) is 36.1 Å². The minimum Gasteiger partial charge on any atom is -0.378 e. The fourth-order valence-electron chi connectivity index (χ4n) is 3.02. The number of nitrogens with zero attached hydrogens (tertiary/aromatic N) is 3. The summed E-state index contributed by atoms with van der Waals surface area (Å²) in [5.41, 5.74) is 4.71. The zero-order chi connectivity index (χ0) is 16.4. The average Bonchev–Trinajstić information content (AvgIpc) is 3.09. The van der Waals surface area contributed by atoms with Gasteiger partial charge in [-0.25, -0.2) is 4.68 Å². The Morgan fingerprint density at radius 2 is 1.62 bits per heavy atom. The smallest absolute Gasteiger partial charge is 0.159 e. The van der Waals surface area contributed by atoms with Crippen LogP contribution in [0.1, 0.15) is 5.56 Å². The first kappa shape index (κ1) is 15.0. The fraction of sp³-hybridized carbons (Fsp3) is 0.250. The molecule has 0 amide bonds. The third-order valence-corrected chi connectivity index (χ3v) is 4.39. The predicted molar refractivity (Wildman–Crippen MR) is 96.8 cm³/mol. The molecule has 2 heterocycles. The number of morpholine rings is 1. The summed E-state index contributed by atoms with van der Waals surface area (Å²) in [6, 6.07) is 18.9. The molecule has 1 saturated heterocycles. The van der Waals surface area contributed by atoms with E-state index in [2.05, 4.69) is 54.4 Å². The lowest BCUT2D eigenvalue weighted by atomic mass is 10.1. The molecular weight excluding hydrogens is 298 g/mol. The van der Waals surface area contributed by atoms with Gasteiger partial charge in [-0.05, 0) is 24.6 Å². The minimum atomic E-state index is 0.755. The predicted octanol–water partition coefficient (Wildman–Crippen LogP) is 3.68. The van der Waals surface area contributed by atoms with Crippen molar-refractivity contribution in [2.24, 2.45) is 0 Å². The molecule has 0 saturated carbocycles. The number of para-hydroxylation sites is 1. The van der Waals surface area contributed by atoms with Gasteiger partial charge in [-0.15, -0.1) is 5.10 Å². The molecule has 4 nitrogen and oxygen atoms in total. The lowest BCUT2D eigenvalue weighted by molar-refractivity contribution is 0.122. The van der Waals surface area contributed by atoms with Crippen molar-refractivity contribution in [3.63, 3.8) is 0 Å². The first-order valence-corrected chi connectivity index (χ1v) is 8.36. The van der Waals surface area contributed by atoms with Crippen LogP contribution in [0.5, 0.6) is 0 Å². The number of ether oxygens (including phenoxy) is 1. The van der Waals surface area contributed by atoms with Crippen LogP contribution in [-0.2, 0) is 4.74 Å². The molecule has 0 radical (unpaired) electrons. The van der Waals surface area contributed by atoms with Gasteiger partial charge in [-0.3, -0.25) is 0 Å². The normalized spacial score (nSPS) is 14.8. The molecule has 1 fully saturated rings. The Balaban J connectivity index is 1.80. The highest BCUT2D eigenvalue weighted by Gasteiger charge is 2.20. The maximum atomic E-state index is 5.50. The molecule has 4 rings (SSSR count). The van der Waals surface area contributed by atoms with Gasteiger partial charge in [0.2, 0.25) is 0 Å². The Labute approximate surface area is 142 Å². The molecule has 4 heteroatoms. The molecule has 0 spiro atoms. The fourth-order valence-corrected chi connectivity index (χ4v) is 3.02. The lowest BCUT2D eigenvalue weighted by Gasteiger charge is -2.27. The Bertz CT molecular complexity index is 803. The average molecular weight is 319 g/mol. The van der Waals surface area contributed by atoms with Crippen molar-refractivity contribution in [2.75, 3.05) is 31.2 Å². The van der Waals surface area contributed by atoms with Crippen molar-refractivity contribution in [3.05, 3.63) is 66.4 Å². The number of aromatic nitrogens is 2. The molecule has 24 heavy (non-hydrogen) atoms. The number of hydrogen-bond donors (Lipinski definition) is 0. The Morgan fingerprint density at radius 1 is 0.917 bits per heavy atom. The van der Waals surface area contributed by atoms with Gasteiger partial charge in [0, 0.05) is 24.8 Å². The van der Waals surface area contributed by atoms with E-state index in [4.69, 9.17) is 9.84 Å². The van der Waals surface area contributed by atoms with Crippen molar-refractivity contribution >= 4 is 5.82 Å². The van der Waals surface area contributed by atoms with Crippen LogP contribution in [0, 0.1) is 6.92 Å². The summed E-state index contributed by atoms with van der Waals surface area (Å²) in [6.07, 6.45) is 2.13. The largest absolute Gasteiger partial charge is 0.378 e. The summed E-state index contributed by atoms with van der Waals surface area (Å²) in [5.74, 6) is 1.03. The van der Waals surface area contributed by atoms with E-state index in [1.165, 1.54) is 16.7 Å². The number of hydrogen-bond acceptors (Lipinski definition) is 3. The van der Waals surface area contributed by atoms with Crippen molar-refractivity contribution < 1.29 is 4.74 Å².